The lowest BCUT2D eigenvalue weighted by Gasteiger charge is -2.32. The predicted octanol–water partition coefficient (Wildman–Crippen LogP) is 1.59. The average Bonchev–Trinajstić information content (AvgIpc) is 2.41. The van der Waals surface area contributed by atoms with Crippen LogP contribution >= 0.6 is 15.9 Å². The van der Waals surface area contributed by atoms with E-state index in [0.717, 1.165) is 0 Å². The van der Waals surface area contributed by atoms with Crippen molar-refractivity contribution in [3.8, 4) is 0 Å². The van der Waals surface area contributed by atoms with Gasteiger partial charge in [-0.25, -0.2) is 4.79 Å². The summed E-state index contributed by atoms with van der Waals surface area (Å²) in [6.45, 7) is 0.845. The van der Waals surface area contributed by atoms with Crippen LogP contribution in [0.25, 0.3) is 0 Å². The van der Waals surface area contributed by atoms with Crippen LogP contribution in [0.1, 0.15) is 23.2 Å². The van der Waals surface area contributed by atoms with E-state index in [1.165, 1.54) is 6.07 Å². The normalized spacial score (nSPS) is 17.5. The van der Waals surface area contributed by atoms with Gasteiger partial charge in [0.2, 0.25) is 5.91 Å². The van der Waals surface area contributed by atoms with Crippen LogP contribution in [0, 0.1) is 0 Å². The molecular weight excluding hydrogens is 328 g/mol. The van der Waals surface area contributed by atoms with Gasteiger partial charge in [0.1, 0.15) is 5.54 Å². The maximum absolute atomic E-state index is 12.3. The summed E-state index contributed by atoms with van der Waals surface area (Å²) < 4.78 is 5.69. The smallest absolute Gasteiger partial charge is 0.337 e. The molecule has 1 aliphatic heterocycles. The van der Waals surface area contributed by atoms with Gasteiger partial charge >= 0.3 is 5.97 Å². The second-order valence-electron chi connectivity index (χ2n) is 4.69. The molecule has 1 saturated heterocycles. The summed E-state index contributed by atoms with van der Waals surface area (Å²) in [5.41, 5.74) is 5.29. The molecule has 1 aromatic rings. The first-order valence-corrected chi connectivity index (χ1v) is 6.93. The van der Waals surface area contributed by atoms with Gasteiger partial charge in [-0.2, -0.15) is 0 Å². The molecule has 1 fully saturated rings. The first-order chi connectivity index (χ1) is 9.44. The Labute approximate surface area is 124 Å². The molecule has 0 spiro atoms. The fourth-order valence-electron chi connectivity index (χ4n) is 2.03. The fraction of sp³-hybridized carbons (Fsp3) is 0.385. The Morgan fingerprint density at radius 3 is 2.60 bits per heavy atom. The van der Waals surface area contributed by atoms with Crippen molar-refractivity contribution in [3.63, 3.8) is 0 Å². The number of ether oxygens (including phenoxy) is 1. The number of nitrogens with two attached hydrogens (primary N) is 1. The van der Waals surface area contributed by atoms with E-state index in [-0.39, 0.29) is 11.3 Å². The topological polar surface area (TPSA) is 102 Å². The molecule has 1 amide bonds. The molecule has 0 aliphatic carbocycles. The first kappa shape index (κ1) is 15.0. The molecule has 0 unspecified atom stereocenters. The number of hydrogen-bond donors (Lipinski definition) is 3. The van der Waals surface area contributed by atoms with Gasteiger partial charge in [-0.15, -0.1) is 0 Å². The Morgan fingerprint density at radius 2 is 2.00 bits per heavy atom. The molecule has 0 aromatic heterocycles. The summed E-state index contributed by atoms with van der Waals surface area (Å²) in [6, 6.07) is 4.68. The molecule has 108 valence electrons. The number of anilines is 1. The maximum atomic E-state index is 12.3. The van der Waals surface area contributed by atoms with E-state index in [1.54, 1.807) is 12.1 Å². The Hall–Kier alpha value is -1.44. The van der Waals surface area contributed by atoms with Gasteiger partial charge in [0, 0.05) is 17.7 Å². The number of carbonyl (C=O) groups is 2. The number of carboxylic acids is 1. The lowest BCUT2D eigenvalue weighted by Crippen LogP contribution is -2.54. The Kier molecular flexibility index (Phi) is 4.42. The number of carbonyl (C=O) groups excluding carboxylic acids is 1. The quantitative estimate of drug-likeness (QED) is 0.774. The van der Waals surface area contributed by atoms with Gasteiger partial charge in [0.25, 0.3) is 0 Å². The standard InChI is InChI=1S/C13H15BrN2O4/c14-9-3-1-2-8(11(17)18)10(9)16-12(19)13(15)4-6-20-7-5-13/h1-3H,4-7,15H2,(H,16,19)(H,17,18). The summed E-state index contributed by atoms with van der Waals surface area (Å²) in [5.74, 6) is -1.50. The zero-order valence-corrected chi connectivity index (χ0v) is 12.3. The molecule has 20 heavy (non-hydrogen) atoms. The number of carboxylic acid groups (broad SMARTS) is 1. The number of amides is 1. The highest BCUT2D eigenvalue weighted by Gasteiger charge is 2.36. The van der Waals surface area contributed by atoms with E-state index < -0.39 is 17.4 Å². The molecule has 4 N–H and O–H groups in total. The maximum Gasteiger partial charge on any atom is 0.337 e. The summed E-state index contributed by atoms with van der Waals surface area (Å²) in [4.78, 5) is 23.5. The first-order valence-electron chi connectivity index (χ1n) is 6.14. The molecule has 0 atom stereocenters. The Bertz CT molecular complexity index is 541. The van der Waals surface area contributed by atoms with Crippen molar-refractivity contribution >= 4 is 33.5 Å². The number of halogens is 1. The van der Waals surface area contributed by atoms with E-state index in [1.807, 2.05) is 0 Å². The van der Waals surface area contributed by atoms with Crippen LogP contribution in [0.2, 0.25) is 0 Å². The third-order valence-electron chi connectivity index (χ3n) is 3.32. The van der Waals surface area contributed by atoms with Crippen LogP contribution < -0.4 is 11.1 Å². The third-order valence-corrected chi connectivity index (χ3v) is 3.98. The Morgan fingerprint density at radius 1 is 1.35 bits per heavy atom. The minimum Gasteiger partial charge on any atom is -0.478 e. The molecule has 0 bridgehead atoms. The van der Waals surface area contributed by atoms with Gasteiger partial charge in [0.15, 0.2) is 0 Å². The Balaban J connectivity index is 2.25. The van der Waals surface area contributed by atoms with Crippen molar-refractivity contribution in [3.05, 3.63) is 28.2 Å². The molecular formula is C13H15BrN2O4. The van der Waals surface area contributed by atoms with Crippen LogP contribution in [0.3, 0.4) is 0 Å². The summed E-state index contributed by atoms with van der Waals surface area (Å²) in [6.07, 6.45) is 0.817. The summed E-state index contributed by atoms with van der Waals surface area (Å²) in [7, 11) is 0. The molecule has 1 aliphatic rings. The second-order valence-corrected chi connectivity index (χ2v) is 5.54. The molecule has 1 aromatic carbocycles. The minimum absolute atomic E-state index is 0.0170. The highest BCUT2D eigenvalue weighted by Crippen LogP contribution is 2.28. The lowest BCUT2D eigenvalue weighted by molar-refractivity contribution is -0.124. The lowest BCUT2D eigenvalue weighted by atomic mass is 9.90. The molecule has 6 nitrogen and oxygen atoms in total. The molecule has 0 radical (unpaired) electrons. The van der Waals surface area contributed by atoms with Crippen LogP contribution in [0.4, 0.5) is 5.69 Å². The monoisotopic (exact) mass is 342 g/mol. The number of aromatic carboxylic acids is 1. The van der Waals surface area contributed by atoms with E-state index in [2.05, 4.69) is 21.2 Å². The van der Waals surface area contributed by atoms with Crippen molar-refractivity contribution in [2.24, 2.45) is 5.73 Å². The van der Waals surface area contributed by atoms with Crippen LogP contribution in [0.15, 0.2) is 22.7 Å². The summed E-state index contributed by atoms with van der Waals surface area (Å²) in [5, 5.41) is 11.8. The van der Waals surface area contributed by atoms with Crippen LogP contribution in [-0.4, -0.2) is 35.7 Å². The van der Waals surface area contributed by atoms with Gasteiger partial charge in [-0.1, -0.05) is 6.07 Å². The van der Waals surface area contributed by atoms with Crippen LogP contribution in [0.5, 0.6) is 0 Å². The van der Waals surface area contributed by atoms with Crippen molar-refractivity contribution in [2.45, 2.75) is 18.4 Å². The molecule has 7 heteroatoms. The number of benzene rings is 1. The van der Waals surface area contributed by atoms with E-state index in [9.17, 15) is 9.59 Å². The van der Waals surface area contributed by atoms with Crippen LogP contribution in [-0.2, 0) is 9.53 Å². The number of para-hydroxylation sites is 1. The largest absolute Gasteiger partial charge is 0.478 e. The van der Waals surface area contributed by atoms with Gasteiger partial charge in [0.05, 0.1) is 11.3 Å². The zero-order chi connectivity index (χ0) is 14.8. The third kappa shape index (κ3) is 3.00. The molecule has 2 rings (SSSR count). The fourth-order valence-corrected chi connectivity index (χ4v) is 2.50. The number of rotatable bonds is 3. The molecule has 1 heterocycles. The highest BCUT2D eigenvalue weighted by molar-refractivity contribution is 9.10. The predicted molar refractivity (Wildman–Crippen MR) is 76.7 cm³/mol. The van der Waals surface area contributed by atoms with Crippen molar-refractivity contribution in [1.29, 1.82) is 0 Å². The summed E-state index contributed by atoms with van der Waals surface area (Å²) >= 11 is 3.24. The number of nitrogens with one attached hydrogen (secondary N) is 1. The van der Waals surface area contributed by atoms with Gasteiger partial charge < -0.3 is 20.9 Å². The second kappa shape index (κ2) is 5.90. The number of hydrogen-bond acceptors (Lipinski definition) is 4. The van der Waals surface area contributed by atoms with Crippen molar-refractivity contribution in [1.82, 2.24) is 0 Å². The van der Waals surface area contributed by atoms with Gasteiger partial charge in [-0.05, 0) is 40.9 Å². The average molecular weight is 343 g/mol. The van der Waals surface area contributed by atoms with Crippen molar-refractivity contribution < 1.29 is 19.4 Å². The van der Waals surface area contributed by atoms with E-state index in [4.69, 9.17) is 15.6 Å². The highest BCUT2D eigenvalue weighted by atomic mass is 79.9. The minimum atomic E-state index is -1.11. The van der Waals surface area contributed by atoms with E-state index in [0.29, 0.717) is 30.5 Å². The zero-order valence-electron chi connectivity index (χ0n) is 10.7. The molecule has 0 saturated carbocycles. The van der Waals surface area contributed by atoms with Crippen molar-refractivity contribution in [2.75, 3.05) is 18.5 Å². The SMILES string of the molecule is NC1(C(=O)Nc2c(Br)cccc2C(=O)O)CCOCC1. The van der Waals surface area contributed by atoms with E-state index >= 15 is 0 Å². The van der Waals surface area contributed by atoms with Gasteiger partial charge in [-0.3, -0.25) is 4.79 Å².